The third kappa shape index (κ3) is 5.87. The molecule has 0 saturated heterocycles. The van der Waals surface area contributed by atoms with Gasteiger partial charge in [0, 0.05) is 30.3 Å². The minimum absolute atomic E-state index is 0.0722. The topological polar surface area (TPSA) is 172 Å². The molecule has 13 nitrogen and oxygen atoms in total. The SMILES string of the molecule is Cc1[nH]ncc1Nc1nccc(-c2ccc3c(c2)CCN(S(C)(=O)=O)C[C@@H]3NC(=O)c2nnc(C(C)(C)C)o2)n1. The number of aromatic amines is 1. The van der Waals surface area contributed by atoms with Gasteiger partial charge >= 0.3 is 11.8 Å². The number of nitrogens with zero attached hydrogens (tertiary/aromatic N) is 6. The molecule has 40 heavy (non-hydrogen) atoms. The van der Waals surface area contributed by atoms with Gasteiger partial charge in [-0.25, -0.2) is 18.4 Å². The van der Waals surface area contributed by atoms with Gasteiger partial charge in [0.15, 0.2) is 0 Å². The Morgan fingerprint density at radius 2 is 2.00 bits per heavy atom. The fourth-order valence-electron chi connectivity index (χ4n) is 4.40. The third-order valence-corrected chi connectivity index (χ3v) is 7.87. The van der Waals surface area contributed by atoms with Gasteiger partial charge in [0.2, 0.25) is 21.9 Å². The van der Waals surface area contributed by atoms with Crippen LogP contribution in [0.2, 0.25) is 0 Å². The predicted octanol–water partition coefficient (Wildman–Crippen LogP) is 2.89. The molecular weight excluding hydrogens is 534 g/mol. The largest absolute Gasteiger partial charge is 0.416 e. The monoisotopic (exact) mass is 565 g/mol. The van der Waals surface area contributed by atoms with Crippen LogP contribution in [-0.2, 0) is 21.9 Å². The van der Waals surface area contributed by atoms with E-state index in [0.717, 1.165) is 34.3 Å². The van der Waals surface area contributed by atoms with Crippen molar-refractivity contribution in [1.82, 2.24) is 40.0 Å². The summed E-state index contributed by atoms with van der Waals surface area (Å²) in [6, 6.07) is 6.93. The number of fused-ring (bicyclic) bond motifs is 1. The van der Waals surface area contributed by atoms with Crippen LogP contribution >= 0.6 is 0 Å². The second kappa shape index (κ2) is 10.4. The number of hydrogen-bond acceptors (Lipinski definition) is 10. The van der Waals surface area contributed by atoms with Crippen LogP contribution in [0.3, 0.4) is 0 Å². The molecule has 4 heterocycles. The Hall–Kier alpha value is -4.17. The molecule has 0 bridgehead atoms. The first-order valence-corrected chi connectivity index (χ1v) is 14.6. The van der Waals surface area contributed by atoms with Crippen molar-refractivity contribution in [1.29, 1.82) is 0 Å². The Labute approximate surface area is 231 Å². The van der Waals surface area contributed by atoms with Gasteiger partial charge in [0.05, 0.1) is 35.6 Å². The summed E-state index contributed by atoms with van der Waals surface area (Å²) in [5.41, 5.74) is 4.43. The first-order chi connectivity index (χ1) is 18.9. The van der Waals surface area contributed by atoms with Gasteiger partial charge in [0.25, 0.3) is 0 Å². The van der Waals surface area contributed by atoms with E-state index >= 15 is 0 Å². The molecule has 1 aromatic carbocycles. The zero-order valence-corrected chi connectivity index (χ0v) is 23.7. The lowest BCUT2D eigenvalue weighted by Crippen LogP contribution is -2.39. The van der Waals surface area contributed by atoms with Crippen LogP contribution in [-0.4, -0.2) is 68.3 Å². The van der Waals surface area contributed by atoms with Crippen LogP contribution in [0.4, 0.5) is 11.6 Å². The highest BCUT2D eigenvalue weighted by Gasteiger charge is 2.31. The predicted molar refractivity (Wildman–Crippen MR) is 147 cm³/mol. The van der Waals surface area contributed by atoms with Crippen molar-refractivity contribution >= 4 is 27.6 Å². The first kappa shape index (κ1) is 27.4. The van der Waals surface area contributed by atoms with Gasteiger partial charge in [-0.05, 0) is 36.6 Å². The summed E-state index contributed by atoms with van der Waals surface area (Å²) in [5.74, 6) is 0.00837. The number of anilines is 2. The molecule has 5 rings (SSSR count). The van der Waals surface area contributed by atoms with E-state index in [-0.39, 0.29) is 19.0 Å². The minimum Gasteiger partial charge on any atom is -0.416 e. The number of carbonyl (C=O) groups excluding carboxylic acids is 1. The number of H-pyrrole nitrogens is 1. The van der Waals surface area contributed by atoms with E-state index in [4.69, 9.17) is 4.42 Å². The number of nitrogens with one attached hydrogen (secondary N) is 3. The van der Waals surface area contributed by atoms with Crippen molar-refractivity contribution in [3.63, 3.8) is 0 Å². The maximum absolute atomic E-state index is 13.1. The van der Waals surface area contributed by atoms with Gasteiger partial charge in [-0.3, -0.25) is 9.89 Å². The van der Waals surface area contributed by atoms with Gasteiger partial charge in [-0.15, -0.1) is 10.2 Å². The van der Waals surface area contributed by atoms with Crippen molar-refractivity contribution in [2.45, 2.75) is 45.6 Å². The van der Waals surface area contributed by atoms with E-state index in [0.29, 0.717) is 24.0 Å². The average Bonchev–Trinajstić information content (AvgIpc) is 3.51. The van der Waals surface area contributed by atoms with Gasteiger partial charge in [-0.1, -0.05) is 32.9 Å². The third-order valence-electron chi connectivity index (χ3n) is 6.60. The average molecular weight is 566 g/mol. The number of hydrogen-bond donors (Lipinski definition) is 3. The smallest absolute Gasteiger partial charge is 0.309 e. The lowest BCUT2D eigenvalue weighted by molar-refractivity contribution is 0.0894. The minimum atomic E-state index is -3.52. The van der Waals surface area contributed by atoms with Crippen LogP contribution in [0.15, 0.2) is 41.1 Å². The van der Waals surface area contributed by atoms with Crippen molar-refractivity contribution < 1.29 is 17.6 Å². The molecule has 3 N–H and O–H groups in total. The number of rotatable bonds is 6. The Balaban J connectivity index is 1.45. The van der Waals surface area contributed by atoms with Gasteiger partial charge < -0.3 is 15.1 Å². The second-order valence-corrected chi connectivity index (χ2v) is 12.8. The van der Waals surface area contributed by atoms with Crippen molar-refractivity contribution in [3.8, 4) is 11.3 Å². The number of aryl methyl sites for hydroxylation is 1. The van der Waals surface area contributed by atoms with E-state index in [1.165, 1.54) is 4.31 Å². The highest BCUT2D eigenvalue weighted by Crippen LogP contribution is 2.30. The molecule has 1 amide bonds. The maximum Gasteiger partial charge on any atom is 0.309 e. The number of sulfonamides is 1. The molecule has 1 aliphatic heterocycles. The fourth-order valence-corrected chi connectivity index (χ4v) is 5.24. The summed E-state index contributed by atoms with van der Waals surface area (Å²) in [5, 5.41) is 20.8. The standard InChI is InChI=1S/C26H31N9O4S/c1-15-20(13-28-32-15)31-25-27-10-8-19(30-25)17-6-7-18-16(12-17)9-11-35(40(5,37)38)14-21(18)29-22(36)23-33-34-24(39-23)26(2,3)4/h6-8,10,12-13,21H,9,11,14H2,1-5H3,(H,28,32)(H,29,36)(H,27,30,31)/t21-/m0/s1. The molecule has 14 heteroatoms. The molecule has 0 spiro atoms. The van der Waals surface area contributed by atoms with Crippen molar-refractivity contribution in [2.75, 3.05) is 24.7 Å². The lowest BCUT2D eigenvalue weighted by Gasteiger charge is -2.23. The summed E-state index contributed by atoms with van der Waals surface area (Å²) in [6.45, 7) is 7.94. The van der Waals surface area contributed by atoms with Crippen LogP contribution in [0, 0.1) is 6.92 Å². The first-order valence-electron chi connectivity index (χ1n) is 12.7. The molecule has 1 atom stereocenters. The number of aromatic nitrogens is 6. The van der Waals surface area contributed by atoms with Crippen LogP contribution in [0.1, 0.15) is 60.2 Å². The quantitative estimate of drug-likeness (QED) is 0.316. The van der Waals surface area contributed by atoms with E-state index in [1.54, 1.807) is 18.5 Å². The van der Waals surface area contributed by atoms with Crippen LogP contribution < -0.4 is 10.6 Å². The Morgan fingerprint density at radius 3 is 2.67 bits per heavy atom. The molecule has 210 valence electrons. The maximum atomic E-state index is 13.1. The molecule has 0 saturated carbocycles. The number of benzene rings is 1. The summed E-state index contributed by atoms with van der Waals surface area (Å²) in [6.07, 6.45) is 4.95. The summed E-state index contributed by atoms with van der Waals surface area (Å²) < 4.78 is 32.0. The lowest BCUT2D eigenvalue weighted by atomic mass is 9.96. The van der Waals surface area contributed by atoms with E-state index < -0.39 is 27.4 Å². The number of carbonyl (C=O) groups is 1. The highest BCUT2D eigenvalue weighted by atomic mass is 32.2. The van der Waals surface area contributed by atoms with Gasteiger partial charge in [0.1, 0.15) is 0 Å². The molecule has 1 aliphatic rings. The Kier molecular flexibility index (Phi) is 7.14. The zero-order chi connectivity index (χ0) is 28.7. The normalized spacial score (nSPS) is 16.3. The van der Waals surface area contributed by atoms with E-state index in [1.807, 2.05) is 45.9 Å². The Bertz CT molecular complexity index is 1660. The van der Waals surface area contributed by atoms with E-state index in [9.17, 15) is 13.2 Å². The van der Waals surface area contributed by atoms with Crippen LogP contribution in [0.25, 0.3) is 11.3 Å². The molecule has 3 aromatic heterocycles. The zero-order valence-electron chi connectivity index (χ0n) is 22.9. The Morgan fingerprint density at radius 1 is 1.20 bits per heavy atom. The molecule has 0 aliphatic carbocycles. The second-order valence-electron chi connectivity index (χ2n) is 10.8. The molecule has 4 aromatic rings. The van der Waals surface area contributed by atoms with Crippen LogP contribution in [0.5, 0.6) is 0 Å². The fraction of sp³-hybridized carbons (Fsp3) is 0.385. The number of amides is 1. The molecular formula is C26H31N9O4S. The van der Waals surface area contributed by atoms with Gasteiger partial charge in [-0.2, -0.15) is 9.40 Å². The molecule has 0 unspecified atom stereocenters. The summed E-state index contributed by atoms with van der Waals surface area (Å²) in [4.78, 5) is 22.1. The summed E-state index contributed by atoms with van der Waals surface area (Å²) in [7, 11) is -3.52. The molecule has 0 radical (unpaired) electrons. The summed E-state index contributed by atoms with van der Waals surface area (Å²) >= 11 is 0. The highest BCUT2D eigenvalue weighted by molar-refractivity contribution is 7.88. The van der Waals surface area contributed by atoms with Crippen molar-refractivity contribution in [3.05, 3.63) is 65.3 Å². The van der Waals surface area contributed by atoms with Crippen molar-refractivity contribution in [2.24, 2.45) is 0 Å². The van der Waals surface area contributed by atoms with E-state index in [2.05, 4.69) is 41.0 Å². The molecule has 0 fully saturated rings.